The normalized spacial score (nSPS) is 12.3. The van der Waals surface area contributed by atoms with Gasteiger partial charge in [-0.05, 0) is 30.6 Å². The lowest BCUT2D eigenvalue weighted by Crippen LogP contribution is -2.21. The van der Waals surface area contributed by atoms with Crippen molar-refractivity contribution in [2.45, 2.75) is 97.8 Å². The number of isocyanates is 2. The van der Waals surface area contributed by atoms with Crippen LogP contribution in [0.15, 0.2) is 9.98 Å². The van der Waals surface area contributed by atoms with Crippen LogP contribution in [0.2, 0.25) is 0 Å². The van der Waals surface area contributed by atoms with Crippen LogP contribution in [0, 0.1) is 11.3 Å². The number of unbranched alkanes of at least 4 members (excludes halogenated alkanes) is 8. The van der Waals surface area contributed by atoms with Gasteiger partial charge >= 0.3 is 0 Å². The number of hydrogen-bond acceptors (Lipinski definition) is 4. The maximum absolute atomic E-state index is 9.99. The highest BCUT2D eigenvalue weighted by molar-refractivity contribution is 5.32. The molecule has 0 saturated heterocycles. The Hall–Kier alpha value is -1.24. The second kappa shape index (κ2) is 16.2. The minimum Gasteiger partial charge on any atom is -0.211 e. The lowest BCUT2D eigenvalue weighted by molar-refractivity contribution is 0.189. The van der Waals surface area contributed by atoms with Crippen LogP contribution in [-0.2, 0) is 9.59 Å². The molecule has 1 atom stereocenters. The molecule has 0 aromatic carbocycles. The van der Waals surface area contributed by atoms with Gasteiger partial charge in [0.25, 0.3) is 0 Å². The lowest BCUT2D eigenvalue weighted by Gasteiger charge is -2.32. The van der Waals surface area contributed by atoms with Gasteiger partial charge in [-0.3, -0.25) is 0 Å². The fourth-order valence-electron chi connectivity index (χ4n) is 3.20. The zero-order valence-corrected chi connectivity index (χ0v) is 16.7. The third kappa shape index (κ3) is 14.8. The quantitative estimate of drug-likeness (QED) is 0.183. The third-order valence-corrected chi connectivity index (χ3v) is 5.46. The number of aliphatic imine (C=N–C) groups is 2. The van der Waals surface area contributed by atoms with Gasteiger partial charge in [-0.25, -0.2) is 19.6 Å². The van der Waals surface area contributed by atoms with Gasteiger partial charge in [0.1, 0.15) is 0 Å². The highest BCUT2D eigenvalue weighted by atomic mass is 16.1. The Kier molecular flexibility index (Phi) is 15.4. The molecule has 0 saturated carbocycles. The summed E-state index contributed by atoms with van der Waals surface area (Å²) >= 11 is 0. The summed E-state index contributed by atoms with van der Waals surface area (Å²) in [6, 6.07) is 0. The van der Waals surface area contributed by atoms with Gasteiger partial charge in [0, 0.05) is 0 Å². The van der Waals surface area contributed by atoms with Crippen molar-refractivity contribution in [3.63, 3.8) is 0 Å². The highest BCUT2D eigenvalue weighted by Crippen LogP contribution is 2.35. The van der Waals surface area contributed by atoms with Gasteiger partial charge in [0.05, 0.1) is 13.1 Å². The first-order chi connectivity index (χ1) is 12.0. The second-order valence-electron chi connectivity index (χ2n) is 7.91. The van der Waals surface area contributed by atoms with Crippen LogP contribution in [0.3, 0.4) is 0 Å². The van der Waals surface area contributed by atoms with Crippen LogP contribution in [0.4, 0.5) is 0 Å². The van der Waals surface area contributed by atoms with Crippen LogP contribution in [0.25, 0.3) is 0 Å². The predicted octanol–water partition coefficient (Wildman–Crippen LogP) is 6.00. The summed E-state index contributed by atoms with van der Waals surface area (Å²) < 4.78 is 0. The van der Waals surface area contributed by atoms with E-state index in [1.165, 1.54) is 57.8 Å². The van der Waals surface area contributed by atoms with E-state index in [0.29, 0.717) is 18.5 Å². The predicted molar refractivity (Wildman–Crippen MR) is 104 cm³/mol. The number of nitrogens with zero attached hydrogens (tertiary/aromatic N) is 2. The molecule has 0 aliphatic heterocycles. The zero-order chi connectivity index (χ0) is 18.8. The molecule has 0 aliphatic carbocycles. The molecule has 0 bridgehead atoms. The Labute approximate surface area is 154 Å². The van der Waals surface area contributed by atoms with E-state index in [1.807, 2.05) is 0 Å². The average Bonchev–Trinajstić information content (AvgIpc) is 2.59. The Bertz CT molecular complexity index is 408. The molecule has 4 heteroatoms. The zero-order valence-electron chi connectivity index (χ0n) is 16.7. The Morgan fingerprint density at radius 2 is 1.16 bits per heavy atom. The summed E-state index contributed by atoms with van der Waals surface area (Å²) in [5.41, 5.74) is 0.410. The van der Waals surface area contributed by atoms with E-state index in [9.17, 15) is 9.59 Å². The molecular formula is C21H38N2O2. The number of rotatable bonds is 17. The standard InChI is InChI=1S/C21H38N2O2/c1-20(14-10-6-4-5-8-12-16-22-18-24)21(2,3)15-11-7-9-13-17-23-19-25/h20H,4-17H2,1-3H3. The molecule has 0 rings (SSSR count). The molecule has 25 heavy (non-hydrogen) atoms. The largest absolute Gasteiger partial charge is 0.234 e. The molecule has 0 aromatic heterocycles. The first kappa shape index (κ1) is 23.8. The molecule has 0 aliphatic rings. The molecule has 0 aromatic rings. The number of carbonyl (C=O) groups excluding carboxylic acids is 2. The van der Waals surface area contributed by atoms with Gasteiger partial charge < -0.3 is 0 Å². The van der Waals surface area contributed by atoms with Gasteiger partial charge in [0.2, 0.25) is 12.2 Å². The van der Waals surface area contributed by atoms with Crippen LogP contribution in [0.1, 0.15) is 97.8 Å². The van der Waals surface area contributed by atoms with E-state index < -0.39 is 0 Å². The second-order valence-corrected chi connectivity index (χ2v) is 7.91. The molecule has 0 amide bonds. The van der Waals surface area contributed by atoms with Crippen LogP contribution < -0.4 is 0 Å². The summed E-state index contributed by atoms with van der Waals surface area (Å²) in [7, 11) is 0. The van der Waals surface area contributed by atoms with Crippen molar-refractivity contribution in [1.82, 2.24) is 0 Å². The van der Waals surface area contributed by atoms with Crippen molar-refractivity contribution in [1.29, 1.82) is 0 Å². The maximum Gasteiger partial charge on any atom is 0.234 e. The number of hydrogen-bond donors (Lipinski definition) is 0. The van der Waals surface area contributed by atoms with Crippen molar-refractivity contribution in [3.05, 3.63) is 0 Å². The summed E-state index contributed by atoms with van der Waals surface area (Å²) in [6.45, 7) is 8.48. The van der Waals surface area contributed by atoms with Crippen molar-refractivity contribution < 1.29 is 9.59 Å². The topological polar surface area (TPSA) is 58.9 Å². The van der Waals surface area contributed by atoms with E-state index in [1.54, 1.807) is 12.2 Å². The van der Waals surface area contributed by atoms with Gasteiger partial charge in [-0.15, -0.1) is 0 Å². The smallest absolute Gasteiger partial charge is 0.211 e. The fourth-order valence-corrected chi connectivity index (χ4v) is 3.20. The molecule has 0 radical (unpaired) electrons. The van der Waals surface area contributed by atoms with Crippen molar-refractivity contribution >= 4 is 12.2 Å². The summed E-state index contributed by atoms with van der Waals surface area (Å²) in [5, 5.41) is 0. The van der Waals surface area contributed by atoms with Gasteiger partial charge in [-0.2, -0.15) is 0 Å². The van der Waals surface area contributed by atoms with E-state index in [2.05, 4.69) is 30.8 Å². The lowest BCUT2D eigenvalue weighted by atomic mass is 9.74. The van der Waals surface area contributed by atoms with E-state index in [4.69, 9.17) is 0 Å². The van der Waals surface area contributed by atoms with Crippen molar-refractivity contribution in [3.8, 4) is 0 Å². The van der Waals surface area contributed by atoms with E-state index in [-0.39, 0.29) is 0 Å². The van der Waals surface area contributed by atoms with Crippen LogP contribution in [0.5, 0.6) is 0 Å². The first-order valence-corrected chi connectivity index (χ1v) is 10.1. The average molecular weight is 351 g/mol. The summed E-state index contributed by atoms with van der Waals surface area (Å²) in [6.07, 6.45) is 17.8. The monoisotopic (exact) mass is 350 g/mol. The van der Waals surface area contributed by atoms with Crippen molar-refractivity contribution in [2.75, 3.05) is 13.1 Å². The molecule has 144 valence electrons. The van der Waals surface area contributed by atoms with Crippen LogP contribution >= 0.6 is 0 Å². The minimum absolute atomic E-state index is 0.410. The molecule has 0 N–H and O–H groups in total. The fraction of sp³-hybridized carbons (Fsp3) is 0.905. The first-order valence-electron chi connectivity index (χ1n) is 10.1. The molecular weight excluding hydrogens is 312 g/mol. The molecule has 1 unspecified atom stereocenters. The Morgan fingerprint density at radius 3 is 1.68 bits per heavy atom. The van der Waals surface area contributed by atoms with E-state index in [0.717, 1.165) is 25.2 Å². The SMILES string of the molecule is CC(CCCCCCCCN=C=O)C(C)(C)CCCCCCN=C=O. The molecule has 4 nitrogen and oxygen atoms in total. The van der Waals surface area contributed by atoms with E-state index >= 15 is 0 Å². The minimum atomic E-state index is 0.410. The molecule has 0 spiro atoms. The van der Waals surface area contributed by atoms with Gasteiger partial charge in [0.15, 0.2) is 0 Å². The van der Waals surface area contributed by atoms with Gasteiger partial charge in [-0.1, -0.05) is 78.6 Å². The third-order valence-electron chi connectivity index (χ3n) is 5.46. The molecule has 0 heterocycles. The maximum atomic E-state index is 9.99. The van der Waals surface area contributed by atoms with Crippen molar-refractivity contribution in [2.24, 2.45) is 21.3 Å². The highest BCUT2D eigenvalue weighted by Gasteiger charge is 2.24. The Morgan fingerprint density at radius 1 is 0.720 bits per heavy atom. The van der Waals surface area contributed by atoms with Crippen LogP contribution in [-0.4, -0.2) is 25.2 Å². The summed E-state index contributed by atoms with van der Waals surface area (Å²) in [4.78, 5) is 27.1. The Balaban J connectivity index is 3.62. The summed E-state index contributed by atoms with van der Waals surface area (Å²) in [5.74, 6) is 0.758. The molecule has 0 fully saturated rings.